The van der Waals surface area contributed by atoms with Gasteiger partial charge in [0.2, 0.25) is 0 Å². The number of rotatable bonds is 4. The summed E-state index contributed by atoms with van der Waals surface area (Å²) in [6, 6.07) is 5.70. The van der Waals surface area contributed by atoms with E-state index in [-0.39, 0.29) is 11.9 Å². The minimum atomic E-state index is -0.0776. The zero-order valence-electron chi connectivity index (χ0n) is 16.3. The average Bonchev–Trinajstić information content (AvgIpc) is 3.48. The second-order valence-electron chi connectivity index (χ2n) is 7.54. The fraction of sp³-hybridized carbons (Fsp3) is 0.350. The van der Waals surface area contributed by atoms with E-state index in [0.717, 1.165) is 49.4 Å². The molecule has 0 bridgehead atoms. The van der Waals surface area contributed by atoms with Crippen LogP contribution in [0, 0.1) is 0 Å². The molecule has 0 aliphatic carbocycles. The molecule has 156 valence electrons. The van der Waals surface area contributed by atoms with Crippen LogP contribution in [0.5, 0.6) is 0 Å². The zero-order chi connectivity index (χ0) is 20.7. The Kier molecular flexibility index (Phi) is 5.10. The van der Waals surface area contributed by atoms with E-state index < -0.39 is 0 Å². The van der Waals surface area contributed by atoms with Gasteiger partial charge in [0.15, 0.2) is 5.82 Å². The smallest absolute Gasteiger partial charge is 0.261 e. The molecule has 1 amide bonds. The molecule has 1 unspecified atom stereocenters. The van der Waals surface area contributed by atoms with E-state index in [1.165, 1.54) is 23.2 Å². The van der Waals surface area contributed by atoms with Gasteiger partial charge in [-0.1, -0.05) is 17.7 Å². The number of halogens is 1. The molecule has 0 radical (unpaired) electrons. The lowest BCUT2D eigenvalue weighted by molar-refractivity contribution is 0.0937. The number of nitrogens with zero attached hydrogens (tertiary/aromatic N) is 4. The molecule has 1 atom stereocenters. The largest absolute Gasteiger partial charge is 0.382 e. The molecular formula is C20H22ClN7OS. The number of nitrogen functional groups attached to an aromatic ring is 1. The van der Waals surface area contributed by atoms with Crippen LogP contribution in [0.1, 0.15) is 28.2 Å². The number of carbonyl (C=O) groups excluding carboxylic acids is 1. The number of thiophene rings is 1. The molecular weight excluding hydrogens is 422 g/mol. The van der Waals surface area contributed by atoms with Gasteiger partial charge in [0.05, 0.1) is 20.6 Å². The van der Waals surface area contributed by atoms with Gasteiger partial charge in [-0.2, -0.15) is 5.10 Å². The molecule has 30 heavy (non-hydrogen) atoms. The lowest BCUT2D eigenvalue weighted by Crippen LogP contribution is -2.47. The number of piperidine rings is 1. The van der Waals surface area contributed by atoms with Crippen LogP contribution >= 0.6 is 22.9 Å². The van der Waals surface area contributed by atoms with Crippen molar-refractivity contribution in [2.24, 2.45) is 0 Å². The Bertz CT molecular complexity index is 1140. The lowest BCUT2D eigenvalue weighted by atomic mass is 10.0. The molecule has 1 saturated heterocycles. The predicted molar refractivity (Wildman–Crippen MR) is 120 cm³/mol. The Morgan fingerprint density at radius 1 is 1.40 bits per heavy atom. The van der Waals surface area contributed by atoms with Gasteiger partial charge in [0.1, 0.15) is 11.8 Å². The van der Waals surface area contributed by atoms with E-state index in [1.54, 1.807) is 12.1 Å². The average molecular weight is 444 g/mol. The van der Waals surface area contributed by atoms with Crippen LogP contribution in [0.3, 0.4) is 0 Å². The molecule has 5 heterocycles. The Morgan fingerprint density at radius 3 is 3.07 bits per heavy atom. The summed E-state index contributed by atoms with van der Waals surface area (Å²) in [6.45, 7) is 3.25. The van der Waals surface area contributed by atoms with Crippen molar-refractivity contribution in [2.75, 3.05) is 36.8 Å². The number of anilines is 2. The highest BCUT2D eigenvalue weighted by Crippen LogP contribution is 2.34. The van der Waals surface area contributed by atoms with Crippen molar-refractivity contribution >= 4 is 51.4 Å². The highest BCUT2D eigenvalue weighted by Gasteiger charge is 2.27. The third kappa shape index (κ3) is 3.53. The number of aromatic nitrogens is 3. The molecule has 3 aromatic heterocycles. The summed E-state index contributed by atoms with van der Waals surface area (Å²) in [4.78, 5) is 19.7. The van der Waals surface area contributed by atoms with E-state index in [4.69, 9.17) is 17.3 Å². The van der Waals surface area contributed by atoms with E-state index >= 15 is 0 Å². The Morgan fingerprint density at radius 2 is 2.30 bits per heavy atom. The summed E-state index contributed by atoms with van der Waals surface area (Å²) < 4.78 is 2.50. The maximum atomic E-state index is 12.6. The van der Waals surface area contributed by atoms with Gasteiger partial charge >= 0.3 is 0 Å². The molecule has 2 aliphatic heterocycles. The number of nitrogens with two attached hydrogens (primary N) is 1. The van der Waals surface area contributed by atoms with Crippen LogP contribution in [0.2, 0.25) is 4.34 Å². The van der Waals surface area contributed by atoms with Gasteiger partial charge in [-0.05, 0) is 36.6 Å². The summed E-state index contributed by atoms with van der Waals surface area (Å²) in [5.74, 6) is 0.378. The third-order valence-corrected chi connectivity index (χ3v) is 6.82. The minimum Gasteiger partial charge on any atom is -0.382 e. The molecule has 2 aliphatic rings. The van der Waals surface area contributed by atoms with Gasteiger partial charge < -0.3 is 21.3 Å². The Balaban J connectivity index is 1.43. The van der Waals surface area contributed by atoms with Crippen LogP contribution in [0.4, 0.5) is 11.5 Å². The fourth-order valence-electron chi connectivity index (χ4n) is 4.19. The van der Waals surface area contributed by atoms with E-state index in [1.807, 2.05) is 4.52 Å². The number of hydrogen-bond acceptors (Lipinski definition) is 7. The van der Waals surface area contributed by atoms with Gasteiger partial charge in [-0.25, -0.2) is 9.50 Å². The second kappa shape index (κ2) is 7.90. The first-order chi connectivity index (χ1) is 14.6. The van der Waals surface area contributed by atoms with Gasteiger partial charge in [-0.15, -0.1) is 11.3 Å². The summed E-state index contributed by atoms with van der Waals surface area (Å²) in [6.07, 6.45) is 5.57. The molecule has 10 heteroatoms. The van der Waals surface area contributed by atoms with Crippen LogP contribution in [-0.4, -0.2) is 52.7 Å². The monoisotopic (exact) mass is 443 g/mol. The first kappa shape index (κ1) is 19.3. The summed E-state index contributed by atoms with van der Waals surface area (Å²) in [5.41, 5.74) is 10.3. The van der Waals surface area contributed by atoms with Crippen molar-refractivity contribution in [3.05, 3.63) is 45.5 Å². The third-order valence-electron chi connectivity index (χ3n) is 5.59. The number of amides is 1. The Hall–Kier alpha value is -2.62. The van der Waals surface area contributed by atoms with Crippen molar-refractivity contribution in [3.63, 3.8) is 0 Å². The van der Waals surface area contributed by atoms with Crippen LogP contribution in [-0.2, 0) is 0 Å². The Labute approximate surface area is 182 Å². The zero-order valence-corrected chi connectivity index (χ0v) is 17.8. The maximum absolute atomic E-state index is 12.6. The molecule has 0 saturated carbocycles. The molecule has 8 nitrogen and oxygen atoms in total. The van der Waals surface area contributed by atoms with Gasteiger partial charge in [0, 0.05) is 32.2 Å². The van der Waals surface area contributed by atoms with Crippen molar-refractivity contribution in [2.45, 2.75) is 18.9 Å². The van der Waals surface area contributed by atoms with Crippen molar-refractivity contribution < 1.29 is 4.79 Å². The van der Waals surface area contributed by atoms with E-state index in [9.17, 15) is 4.79 Å². The molecule has 0 aromatic carbocycles. The van der Waals surface area contributed by atoms with Gasteiger partial charge in [0.25, 0.3) is 5.91 Å². The summed E-state index contributed by atoms with van der Waals surface area (Å²) in [7, 11) is 0. The topological polar surface area (TPSA) is 101 Å². The number of fused-ring (bicyclic) bond motifs is 1. The van der Waals surface area contributed by atoms with Crippen LogP contribution in [0.25, 0.3) is 11.1 Å². The fourth-order valence-corrected chi connectivity index (χ4v) is 5.14. The first-order valence-electron chi connectivity index (χ1n) is 9.93. The van der Waals surface area contributed by atoms with E-state index in [2.05, 4.69) is 37.8 Å². The second-order valence-corrected chi connectivity index (χ2v) is 9.26. The van der Waals surface area contributed by atoms with E-state index in [0.29, 0.717) is 21.6 Å². The molecule has 3 aromatic rings. The molecule has 4 N–H and O–H groups in total. The van der Waals surface area contributed by atoms with Crippen LogP contribution in [0.15, 0.2) is 30.6 Å². The predicted octanol–water partition coefficient (Wildman–Crippen LogP) is 2.41. The van der Waals surface area contributed by atoms with Crippen molar-refractivity contribution in [3.8, 4) is 0 Å². The maximum Gasteiger partial charge on any atom is 0.261 e. The lowest BCUT2D eigenvalue weighted by Gasteiger charge is -2.34. The minimum absolute atomic E-state index is 0.0451. The first-order valence-corrected chi connectivity index (χ1v) is 11.1. The SMILES string of the molecule is Nc1ncnn2c(C3=CCNC3)cc(N3CCCC(NC(=O)c4ccc(Cl)s4)C3)c12. The molecule has 5 rings (SSSR count). The number of hydrogen-bond donors (Lipinski definition) is 3. The standard InChI is InChI=1S/C20H22ClN7OS/c21-17-4-3-16(30-17)20(29)26-13-2-1-7-27(10-13)15-8-14(12-5-6-23-9-12)28-18(15)19(22)24-11-25-28/h3-5,8,11,13,23H,1-2,6-7,9-10H2,(H,26,29)(H2,22,24,25). The molecule has 1 fully saturated rings. The quantitative estimate of drug-likeness (QED) is 0.572. The summed E-state index contributed by atoms with van der Waals surface area (Å²) in [5, 5.41) is 10.9. The number of carbonyl (C=O) groups is 1. The van der Waals surface area contributed by atoms with Crippen LogP contribution < -0.4 is 21.3 Å². The summed E-state index contributed by atoms with van der Waals surface area (Å²) >= 11 is 7.27. The number of nitrogens with one attached hydrogen (secondary N) is 2. The molecule has 0 spiro atoms. The van der Waals surface area contributed by atoms with Crippen molar-refractivity contribution in [1.29, 1.82) is 0 Å². The van der Waals surface area contributed by atoms with Gasteiger partial charge in [-0.3, -0.25) is 4.79 Å². The normalized spacial score (nSPS) is 19.3. The highest BCUT2D eigenvalue weighted by molar-refractivity contribution is 7.18. The highest BCUT2D eigenvalue weighted by atomic mass is 35.5. The van der Waals surface area contributed by atoms with Crippen molar-refractivity contribution in [1.82, 2.24) is 25.2 Å².